The summed E-state index contributed by atoms with van der Waals surface area (Å²) in [7, 11) is 0. The van der Waals surface area contributed by atoms with Gasteiger partial charge in [0.05, 0.1) is 6.04 Å². The summed E-state index contributed by atoms with van der Waals surface area (Å²) in [6.45, 7) is 0. The normalized spacial score (nSPS) is 14.1. The quantitative estimate of drug-likeness (QED) is 0.141. The van der Waals surface area contributed by atoms with Crippen LogP contribution in [0.1, 0.15) is 24.8 Å². The van der Waals surface area contributed by atoms with E-state index in [-0.39, 0.29) is 18.6 Å². The van der Waals surface area contributed by atoms with Crippen LogP contribution < -0.4 is 21.7 Å². The smallest absolute Gasteiger partial charge is 0.326 e. The van der Waals surface area contributed by atoms with Crippen LogP contribution in [0.15, 0.2) is 30.3 Å². The lowest BCUT2D eigenvalue weighted by Gasteiger charge is -2.24. The first kappa shape index (κ1) is 30.3. The van der Waals surface area contributed by atoms with E-state index in [2.05, 4.69) is 28.6 Å². The minimum absolute atomic E-state index is 0.130. The monoisotopic (exact) mass is 528 g/mol. The van der Waals surface area contributed by atoms with Crippen LogP contribution in [0.25, 0.3) is 0 Å². The van der Waals surface area contributed by atoms with Gasteiger partial charge in [-0.15, -0.1) is 0 Å². The number of hydrogen-bond donors (Lipinski definition) is 7. The zero-order valence-corrected chi connectivity index (χ0v) is 21.0. The average molecular weight is 529 g/mol. The molecule has 1 aromatic rings. The van der Waals surface area contributed by atoms with Gasteiger partial charge in [0.25, 0.3) is 0 Å². The van der Waals surface area contributed by atoms with E-state index in [9.17, 15) is 29.1 Å². The molecule has 194 valence electrons. The number of nitrogens with one attached hydrogen (secondary N) is 3. The third-order valence-corrected chi connectivity index (χ3v) is 5.97. The van der Waals surface area contributed by atoms with Crippen LogP contribution in [0.3, 0.4) is 0 Å². The van der Waals surface area contributed by atoms with Crippen molar-refractivity contribution in [1.29, 1.82) is 0 Å². The highest BCUT2D eigenvalue weighted by atomic mass is 32.2. The standard InChI is InChI=1S/C22H32N4O7S2/c1-35-10-9-14(23)19(29)25-16(11-13-5-3-2-4-6-13)20(30)26-17(12-34)21(31)24-15(22(32)33)7-8-18(27)28/h2-6,14-17,34H,7-12,23H2,1H3,(H,24,31)(H,25,29)(H,26,30)(H,27,28)(H,32,33). The lowest BCUT2D eigenvalue weighted by atomic mass is 10.0. The van der Waals surface area contributed by atoms with Gasteiger partial charge in [0, 0.05) is 18.6 Å². The van der Waals surface area contributed by atoms with Crippen molar-refractivity contribution < 1.29 is 34.2 Å². The number of benzene rings is 1. The Balaban J connectivity index is 2.94. The molecule has 0 aliphatic rings. The fraction of sp³-hybridized carbons (Fsp3) is 0.500. The van der Waals surface area contributed by atoms with Gasteiger partial charge in [-0.2, -0.15) is 24.4 Å². The van der Waals surface area contributed by atoms with Gasteiger partial charge in [-0.3, -0.25) is 19.2 Å². The minimum Gasteiger partial charge on any atom is -0.481 e. The van der Waals surface area contributed by atoms with E-state index in [4.69, 9.17) is 10.8 Å². The number of carbonyl (C=O) groups is 5. The Morgan fingerprint density at radius 2 is 1.49 bits per heavy atom. The van der Waals surface area contributed by atoms with Gasteiger partial charge in [-0.1, -0.05) is 30.3 Å². The molecule has 0 radical (unpaired) electrons. The Morgan fingerprint density at radius 3 is 2.03 bits per heavy atom. The molecular formula is C22H32N4O7S2. The van der Waals surface area contributed by atoms with Crippen molar-refractivity contribution in [3.63, 3.8) is 0 Å². The van der Waals surface area contributed by atoms with Gasteiger partial charge >= 0.3 is 11.9 Å². The summed E-state index contributed by atoms with van der Waals surface area (Å²) in [4.78, 5) is 60.3. The van der Waals surface area contributed by atoms with E-state index in [1.54, 1.807) is 30.3 Å². The Kier molecular flexibility index (Phi) is 13.8. The molecule has 7 N–H and O–H groups in total. The summed E-state index contributed by atoms with van der Waals surface area (Å²) in [5.41, 5.74) is 6.68. The molecule has 1 rings (SSSR count). The van der Waals surface area contributed by atoms with E-state index in [0.29, 0.717) is 12.2 Å². The molecule has 0 aliphatic carbocycles. The number of aliphatic carboxylic acids is 2. The first-order valence-corrected chi connectivity index (χ1v) is 12.9. The van der Waals surface area contributed by atoms with Crippen molar-refractivity contribution in [1.82, 2.24) is 16.0 Å². The zero-order chi connectivity index (χ0) is 26.4. The third kappa shape index (κ3) is 11.5. The summed E-state index contributed by atoms with van der Waals surface area (Å²) in [5.74, 6) is -4.14. The largest absolute Gasteiger partial charge is 0.481 e. The van der Waals surface area contributed by atoms with Crippen LogP contribution in [0.5, 0.6) is 0 Å². The SMILES string of the molecule is CSCCC(N)C(=O)NC(Cc1ccccc1)C(=O)NC(CS)C(=O)NC(CCC(=O)O)C(=O)O. The zero-order valence-electron chi connectivity index (χ0n) is 19.3. The van der Waals surface area contributed by atoms with Gasteiger partial charge in [-0.05, 0) is 30.4 Å². The second-order valence-electron chi connectivity index (χ2n) is 7.71. The molecule has 4 unspecified atom stereocenters. The number of nitrogens with two attached hydrogens (primary N) is 1. The Bertz CT molecular complexity index is 873. The summed E-state index contributed by atoms with van der Waals surface area (Å²) < 4.78 is 0. The molecular weight excluding hydrogens is 496 g/mol. The number of rotatable bonds is 16. The number of carboxylic acid groups (broad SMARTS) is 2. The molecule has 0 heterocycles. The maximum absolute atomic E-state index is 13.0. The summed E-state index contributed by atoms with van der Waals surface area (Å²) in [6.07, 6.45) is 1.64. The molecule has 13 heteroatoms. The lowest BCUT2D eigenvalue weighted by molar-refractivity contribution is -0.143. The number of carboxylic acids is 2. The molecule has 0 fully saturated rings. The van der Waals surface area contributed by atoms with Gasteiger partial charge in [0.1, 0.15) is 18.1 Å². The Hall–Kier alpha value is -2.77. The molecule has 11 nitrogen and oxygen atoms in total. The van der Waals surface area contributed by atoms with Crippen LogP contribution in [0.4, 0.5) is 0 Å². The van der Waals surface area contributed by atoms with Crippen molar-refractivity contribution in [2.75, 3.05) is 17.8 Å². The first-order chi connectivity index (χ1) is 16.6. The van der Waals surface area contributed by atoms with Gasteiger partial charge in [-0.25, -0.2) is 4.79 Å². The van der Waals surface area contributed by atoms with Crippen LogP contribution in [-0.2, 0) is 30.4 Å². The van der Waals surface area contributed by atoms with E-state index >= 15 is 0 Å². The number of amides is 3. The van der Waals surface area contributed by atoms with E-state index in [1.807, 2.05) is 6.26 Å². The number of thioether (sulfide) groups is 1. The van der Waals surface area contributed by atoms with Crippen LogP contribution in [-0.4, -0.2) is 81.8 Å². The van der Waals surface area contributed by atoms with E-state index in [1.165, 1.54) is 11.8 Å². The van der Waals surface area contributed by atoms with Crippen molar-refractivity contribution >= 4 is 54.1 Å². The van der Waals surface area contributed by atoms with E-state index in [0.717, 1.165) is 5.56 Å². The molecule has 0 spiro atoms. The Labute approximate surface area is 213 Å². The minimum atomic E-state index is -1.45. The maximum Gasteiger partial charge on any atom is 0.326 e. The summed E-state index contributed by atoms with van der Waals surface area (Å²) in [5, 5.41) is 25.4. The summed E-state index contributed by atoms with van der Waals surface area (Å²) >= 11 is 5.61. The number of hydrogen-bond acceptors (Lipinski definition) is 8. The van der Waals surface area contributed by atoms with Crippen molar-refractivity contribution in [3.8, 4) is 0 Å². The Morgan fingerprint density at radius 1 is 0.914 bits per heavy atom. The van der Waals surface area contributed by atoms with Gasteiger partial charge < -0.3 is 31.9 Å². The van der Waals surface area contributed by atoms with Crippen molar-refractivity contribution in [2.24, 2.45) is 5.73 Å². The molecule has 35 heavy (non-hydrogen) atoms. The fourth-order valence-electron chi connectivity index (χ4n) is 2.98. The summed E-state index contributed by atoms with van der Waals surface area (Å²) in [6, 6.07) is 4.38. The van der Waals surface area contributed by atoms with Crippen molar-refractivity contribution in [3.05, 3.63) is 35.9 Å². The first-order valence-electron chi connectivity index (χ1n) is 10.8. The highest BCUT2D eigenvalue weighted by Gasteiger charge is 2.30. The molecule has 4 atom stereocenters. The van der Waals surface area contributed by atoms with E-state index < -0.39 is 60.2 Å². The topological polar surface area (TPSA) is 188 Å². The predicted octanol–water partition coefficient (Wildman–Crippen LogP) is -0.357. The molecule has 0 saturated heterocycles. The third-order valence-electron chi connectivity index (χ3n) is 4.96. The van der Waals surface area contributed by atoms with Crippen LogP contribution >= 0.6 is 24.4 Å². The number of thiol groups is 1. The van der Waals surface area contributed by atoms with Crippen LogP contribution in [0.2, 0.25) is 0 Å². The predicted molar refractivity (Wildman–Crippen MR) is 135 cm³/mol. The van der Waals surface area contributed by atoms with Gasteiger partial charge in [0.2, 0.25) is 17.7 Å². The highest BCUT2D eigenvalue weighted by Crippen LogP contribution is 2.07. The second-order valence-corrected chi connectivity index (χ2v) is 9.07. The highest BCUT2D eigenvalue weighted by molar-refractivity contribution is 7.98. The lowest BCUT2D eigenvalue weighted by Crippen LogP contribution is -2.58. The molecule has 1 aromatic carbocycles. The average Bonchev–Trinajstić information content (AvgIpc) is 2.82. The maximum atomic E-state index is 13.0. The second kappa shape index (κ2) is 16.0. The molecule has 0 aromatic heterocycles. The molecule has 3 amide bonds. The molecule has 0 aliphatic heterocycles. The van der Waals surface area contributed by atoms with Gasteiger partial charge in [0.15, 0.2) is 0 Å². The van der Waals surface area contributed by atoms with Crippen LogP contribution in [0, 0.1) is 0 Å². The van der Waals surface area contributed by atoms with Crippen molar-refractivity contribution in [2.45, 2.75) is 49.9 Å². The fourth-order valence-corrected chi connectivity index (χ4v) is 3.72. The molecule has 0 saturated carbocycles. The molecule has 0 bridgehead atoms. The number of carbonyl (C=O) groups excluding carboxylic acids is 3.